The van der Waals surface area contributed by atoms with Crippen LogP contribution in [0.4, 0.5) is 18.9 Å². The molecule has 0 amide bonds. The quantitative estimate of drug-likeness (QED) is 0.822. The van der Waals surface area contributed by atoms with Crippen LogP contribution in [0, 0.1) is 0 Å². The average Bonchev–Trinajstić information content (AvgIpc) is 2.61. The van der Waals surface area contributed by atoms with Crippen molar-refractivity contribution in [3.63, 3.8) is 0 Å². The Morgan fingerprint density at radius 2 is 1.76 bits per heavy atom. The van der Waals surface area contributed by atoms with Crippen LogP contribution < -0.4 is 5.73 Å². The van der Waals surface area contributed by atoms with Crippen LogP contribution in [0.15, 0.2) is 35.1 Å². The summed E-state index contributed by atoms with van der Waals surface area (Å²) < 4.78 is 38.5. The maximum Gasteiger partial charge on any atom is 0.420 e. The lowest BCUT2D eigenvalue weighted by Crippen LogP contribution is -2.04. The molecule has 7 heteroatoms. The molecular formula is C10H7BrF3N3. The van der Waals surface area contributed by atoms with E-state index in [0.29, 0.717) is 11.4 Å². The Labute approximate surface area is 103 Å². The smallest absolute Gasteiger partial charge is 0.399 e. The molecule has 0 radical (unpaired) electrons. The summed E-state index contributed by atoms with van der Waals surface area (Å²) in [4.78, 5) is 0. The third-order valence-corrected chi connectivity index (χ3v) is 2.72. The Kier molecular flexibility index (Phi) is 2.86. The molecule has 1 heterocycles. The minimum atomic E-state index is -4.43. The van der Waals surface area contributed by atoms with Crippen LogP contribution in [-0.2, 0) is 6.18 Å². The molecule has 0 saturated carbocycles. The summed E-state index contributed by atoms with van der Waals surface area (Å²) in [6.45, 7) is 0. The normalized spacial score (nSPS) is 11.8. The zero-order valence-electron chi connectivity index (χ0n) is 8.37. The monoisotopic (exact) mass is 305 g/mol. The predicted molar refractivity (Wildman–Crippen MR) is 60.7 cm³/mol. The second-order valence-electron chi connectivity index (χ2n) is 3.37. The Morgan fingerprint density at radius 1 is 1.18 bits per heavy atom. The van der Waals surface area contributed by atoms with Crippen LogP contribution in [0.3, 0.4) is 0 Å². The van der Waals surface area contributed by atoms with Crippen LogP contribution in [0.2, 0.25) is 0 Å². The molecule has 0 aliphatic rings. The maximum absolute atomic E-state index is 12.5. The van der Waals surface area contributed by atoms with E-state index < -0.39 is 11.7 Å². The van der Waals surface area contributed by atoms with Gasteiger partial charge in [-0.2, -0.15) is 18.3 Å². The second-order valence-corrected chi connectivity index (χ2v) is 4.12. The fourth-order valence-electron chi connectivity index (χ4n) is 1.30. The largest absolute Gasteiger partial charge is 0.420 e. The number of aromatic nitrogens is 2. The van der Waals surface area contributed by atoms with Gasteiger partial charge in [0, 0.05) is 11.9 Å². The highest BCUT2D eigenvalue weighted by Crippen LogP contribution is 2.34. The third-order valence-electron chi connectivity index (χ3n) is 2.13. The van der Waals surface area contributed by atoms with Crippen molar-refractivity contribution in [1.29, 1.82) is 0 Å². The maximum atomic E-state index is 12.5. The first-order valence-corrected chi connectivity index (χ1v) is 5.35. The van der Waals surface area contributed by atoms with Crippen LogP contribution in [0.25, 0.3) is 5.69 Å². The molecule has 2 rings (SSSR count). The molecule has 0 fully saturated rings. The van der Waals surface area contributed by atoms with E-state index in [1.165, 1.54) is 0 Å². The fourth-order valence-corrected chi connectivity index (χ4v) is 1.80. The van der Waals surface area contributed by atoms with Crippen molar-refractivity contribution in [2.75, 3.05) is 5.73 Å². The molecule has 17 heavy (non-hydrogen) atoms. The van der Waals surface area contributed by atoms with Crippen molar-refractivity contribution in [1.82, 2.24) is 9.78 Å². The van der Waals surface area contributed by atoms with Gasteiger partial charge in [0.2, 0.25) is 0 Å². The van der Waals surface area contributed by atoms with E-state index in [1.807, 2.05) is 0 Å². The number of halogens is 4. The van der Waals surface area contributed by atoms with E-state index in [1.54, 1.807) is 24.3 Å². The molecule has 0 aliphatic heterocycles. The first-order chi connectivity index (χ1) is 7.88. The zero-order valence-corrected chi connectivity index (χ0v) is 9.96. The van der Waals surface area contributed by atoms with E-state index >= 15 is 0 Å². The van der Waals surface area contributed by atoms with E-state index in [4.69, 9.17) is 5.73 Å². The van der Waals surface area contributed by atoms with Crippen molar-refractivity contribution in [2.24, 2.45) is 0 Å². The van der Waals surface area contributed by atoms with E-state index in [2.05, 4.69) is 21.0 Å². The Morgan fingerprint density at radius 3 is 2.24 bits per heavy atom. The highest BCUT2D eigenvalue weighted by molar-refractivity contribution is 9.10. The molecule has 0 spiro atoms. The average molecular weight is 306 g/mol. The first-order valence-electron chi connectivity index (χ1n) is 4.56. The fraction of sp³-hybridized carbons (Fsp3) is 0.100. The summed E-state index contributed by atoms with van der Waals surface area (Å²) in [5.74, 6) is 0. The van der Waals surface area contributed by atoms with Gasteiger partial charge in [-0.1, -0.05) is 0 Å². The molecule has 2 N–H and O–H groups in total. The van der Waals surface area contributed by atoms with Crippen LogP contribution >= 0.6 is 15.9 Å². The SMILES string of the molecule is Nc1ccc(-n2cc(C(F)(F)F)c(Br)n2)cc1. The number of nitrogens with zero attached hydrogens (tertiary/aromatic N) is 2. The molecule has 1 aromatic carbocycles. The number of nitrogens with two attached hydrogens (primary N) is 1. The number of benzene rings is 1. The van der Waals surface area contributed by atoms with Gasteiger partial charge in [-0.3, -0.25) is 0 Å². The number of rotatable bonds is 1. The lowest BCUT2D eigenvalue weighted by molar-refractivity contribution is -0.138. The van der Waals surface area contributed by atoms with Crippen molar-refractivity contribution in [3.05, 3.63) is 40.6 Å². The van der Waals surface area contributed by atoms with Gasteiger partial charge in [0.15, 0.2) is 0 Å². The lowest BCUT2D eigenvalue weighted by atomic mass is 10.3. The van der Waals surface area contributed by atoms with Crippen LogP contribution in [0.1, 0.15) is 5.56 Å². The van der Waals surface area contributed by atoms with E-state index in [0.717, 1.165) is 10.9 Å². The van der Waals surface area contributed by atoms with Gasteiger partial charge in [0.25, 0.3) is 0 Å². The van der Waals surface area contributed by atoms with Crippen LogP contribution in [0.5, 0.6) is 0 Å². The molecule has 0 unspecified atom stereocenters. The number of anilines is 1. The van der Waals surface area contributed by atoms with Gasteiger partial charge >= 0.3 is 6.18 Å². The summed E-state index contributed by atoms with van der Waals surface area (Å²) in [6, 6.07) is 6.38. The summed E-state index contributed by atoms with van der Waals surface area (Å²) in [6.07, 6.45) is -3.50. The zero-order chi connectivity index (χ0) is 12.6. The molecule has 90 valence electrons. The van der Waals surface area contributed by atoms with Crippen LogP contribution in [-0.4, -0.2) is 9.78 Å². The van der Waals surface area contributed by atoms with Crippen molar-refractivity contribution >= 4 is 21.6 Å². The van der Waals surface area contributed by atoms with Gasteiger partial charge in [0.05, 0.1) is 5.69 Å². The second kappa shape index (κ2) is 4.06. The van der Waals surface area contributed by atoms with Crippen molar-refractivity contribution < 1.29 is 13.2 Å². The number of alkyl halides is 3. The van der Waals surface area contributed by atoms with E-state index in [-0.39, 0.29) is 4.60 Å². The number of nitrogen functional groups attached to an aromatic ring is 1. The molecule has 2 aromatic rings. The summed E-state index contributed by atoms with van der Waals surface area (Å²) in [5.41, 5.74) is 5.73. The molecule has 1 aromatic heterocycles. The highest BCUT2D eigenvalue weighted by Gasteiger charge is 2.35. The third kappa shape index (κ3) is 2.44. The minimum Gasteiger partial charge on any atom is -0.399 e. The van der Waals surface area contributed by atoms with Gasteiger partial charge in [-0.15, -0.1) is 0 Å². The van der Waals surface area contributed by atoms with Crippen molar-refractivity contribution in [3.8, 4) is 5.69 Å². The Balaban J connectivity index is 2.45. The van der Waals surface area contributed by atoms with Gasteiger partial charge < -0.3 is 5.73 Å². The molecular weight excluding hydrogens is 299 g/mol. The van der Waals surface area contributed by atoms with E-state index in [9.17, 15) is 13.2 Å². The van der Waals surface area contributed by atoms with Crippen molar-refractivity contribution in [2.45, 2.75) is 6.18 Å². The Bertz CT molecular complexity index is 531. The molecule has 0 saturated heterocycles. The van der Waals surface area contributed by atoms with Gasteiger partial charge in [0.1, 0.15) is 10.2 Å². The summed E-state index contributed by atoms with van der Waals surface area (Å²) in [7, 11) is 0. The Hall–Kier alpha value is -1.50. The van der Waals surface area contributed by atoms with Gasteiger partial charge in [-0.05, 0) is 40.2 Å². The summed E-state index contributed by atoms with van der Waals surface area (Å²) in [5, 5.41) is 3.75. The molecule has 0 aliphatic carbocycles. The minimum absolute atomic E-state index is 0.234. The number of hydrogen-bond acceptors (Lipinski definition) is 2. The lowest BCUT2D eigenvalue weighted by Gasteiger charge is -2.02. The predicted octanol–water partition coefficient (Wildman–Crippen LogP) is 3.24. The molecule has 0 atom stereocenters. The first kappa shape index (κ1) is 12.0. The molecule has 0 bridgehead atoms. The standard InChI is InChI=1S/C10H7BrF3N3/c11-9-8(10(12,13)14)5-17(16-9)7-3-1-6(15)2-4-7/h1-5H,15H2. The number of hydrogen-bond donors (Lipinski definition) is 1. The highest BCUT2D eigenvalue weighted by atomic mass is 79.9. The topological polar surface area (TPSA) is 43.8 Å². The summed E-state index contributed by atoms with van der Waals surface area (Å²) >= 11 is 2.79. The van der Waals surface area contributed by atoms with Gasteiger partial charge in [-0.25, -0.2) is 4.68 Å². The molecule has 3 nitrogen and oxygen atoms in total.